The maximum atomic E-state index is 12.6. The molecule has 2 N–H and O–H groups in total. The molecule has 4 rings (SSSR count). The molecule has 0 unspecified atom stereocenters. The van der Waals surface area contributed by atoms with Crippen molar-refractivity contribution in [3.63, 3.8) is 0 Å². The van der Waals surface area contributed by atoms with Crippen LogP contribution in [0.3, 0.4) is 0 Å². The molecule has 2 amide bonds. The highest BCUT2D eigenvalue weighted by Gasteiger charge is 2.67. The molecule has 110 valence electrons. The van der Waals surface area contributed by atoms with Crippen LogP contribution in [-0.4, -0.2) is 34.2 Å². The Balaban J connectivity index is 1.75. The number of aliphatic hydroxyl groups is 2. The Labute approximate surface area is 126 Å². The first-order valence-corrected chi connectivity index (χ1v) is 7.38. The Morgan fingerprint density at radius 1 is 1.05 bits per heavy atom. The zero-order valence-electron chi connectivity index (χ0n) is 11.0. The number of rotatable bonds is 1. The molecule has 0 radical (unpaired) electrons. The summed E-state index contributed by atoms with van der Waals surface area (Å²) in [7, 11) is 0. The Morgan fingerprint density at radius 3 is 2.14 bits per heavy atom. The van der Waals surface area contributed by atoms with E-state index in [1.54, 1.807) is 24.3 Å². The zero-order valence-corrected chi connectivity index (χ0v) is 11.8. The zero-order chi connectivity index (χ0) is 14.9. The highest BCUT2D eigenvalue weighted by molar-refractivity contribution is 6.31. The highest BCUT2D eigenvalue weighted by atomic mass is 35.5. The van der Waals surface area contributed by atoms with Gasteiger partial charge < -0.3 is 10.2 Å². The van der Waals surface area contributed by atoms with Crippen molar-refractivity contribution in [2.24, 2.45) is 23.7 Å². The van der Waals surface area contributed by atoms with Crippen molar-refractivity contribution in [1.82, 2.24) is 0 Å². The average molecular weight is 308 g/mol. The summed E-state index contributed by atoms with van der Waals surface area (Å²) in [5.41, 5.74) is 0.454. The molecule has 1 aromatic rings. The van der Waals surface area contributed by atoms with Crippen LogP contribution in [0.4, 0.5) is 5.69 Å². The number of nitrogens with zero attached hydrogens (tertiary/aromatic N) is 1. The fourth-order valence-electron chi connectivity index (χ4n) is 4.30. The summed E-state index contributed by atoms with van der Waals surface area (Å²) in [6.45, 7) is 0. The summed E-state index contributed by atoms with van der Waals surface area (Å²) in [5.74, 6) is -2.25. The second kappa shape index (κ2) is 4.29. The first kappa shape index (κ1) is 13.2. The fraction of sp³-hybridized carbons (Fsp3) is 0.467. The summed E-state index contributed by atoms with van der Waals surface area (Å²) in [4.78, 5) is 26.4. The van der Waals surface area contributed by atoms with E-state index >= 15 is 0 Å². The van der Waals surface area contributed by atoms with Gasteiger partial charge in [0.2, 0.25) is 11.8 Å². The highest BCUT2D eigenvalue weighted by Crippen LogP contribution is 2.56. The Kier molecular flexibility index (Phi) is 2.70. The van der Waals surface area contributed by atoms with Crippen LogP contribution in [0.1, 0.15) is 6.42 Å². The lowest BCUT2D eigenvalue weighted by atomic mass is 9.78. The van der Waals surface area contributed by atoms with Crippen molar-refractivity contribution in [2.75, 3.05) is 4.90 Å². The number of benzene rings is 1. The minimum atomic E-state index is -0.910. The van der Waals surface area contributed by atoms with Crippen LogP contribution in [0, 0.1) is 23.7 Å². The van der Waals surface area contributed by atoms with Gasteiger partial charge in [-0.2, -0.15) is 0 Å². The lowest BCUT2D eigenvalue weighted by Crippen LogP contribution is -2.43. The standard InChI is InChI=1S/C15H14ClNO4/c16-6-2-1-3-7(4-6)17-14(20)10-8-5-9(11(10)15(17)21)13(19)12(8)18/h1-4,8-13,18-19H,5H2/t8-,9-,10-,11+,12+,13+/m1/s1. The molecule has 1 heterocycles. The number of carbonyl (C=O) groups is 2. The van der Waals surface area contributed by atoms with Crippen LogP contribution < -0.4 is 4.90 Å². The molecule has 1 aliphatic heterocycles. The average Bonchev–Trinajstić information content (AvgIpc) is 3.04. The Hall–Kier alpha value is -1.43. The van der Waals surface area contributed by atoms with Gasteiger partial charge in [-0.3, -0.25) is 9.59 Å². The topological polar surface area (TPSA) is 77.8 Å². The monoisotopic (exact) mass is 307 g/mol. The molecule has 1 saturated heterocycles. The van der Waals surface area contributed by atoms with Gasteiger partial charge in [-0.15, -0.1) is 0 Å². The summed E-state index contributed by atoms with van der Waals surface area (Å²) in [6, 6.07) is 6.60. The molecule has 2 saturated carbocycles. The lowest BCUT2D eigenvalue weighted by molar-refractivity contribution is -0.129. The molecule has 5 nitrogen and oxygen atoms in total. The third-order valence-electron chi connectivity index (χ3n) is 5.16. The van der Waals surface area contributed by atoms with Gasteiger partial charge in [-0.1, -0.05) is 17.7 Å². The minimum absolute atomic E-state index is 0.286. The Morgan fingerprint density at radius 2 is 1.62 bits per heavy atom. The number of fused-ring (bicyclic) bond motifs is 5. The molecular formula is C15H14ClNO4. The number of hydrogen-bond donors (Lipinski definition) is 2. The van der Waals surface area contributed by atoms with E-state index in [1.807, 2.05) is 0 Å². The molecular weight excluding hydrogens is 294 g/mol. The molecule has 21 heavy (non-hydrogen) atoms. The third kappa shape index (κ3) is 1.59. The third-order valence-corrected chi connectivity index (χ3v) is 5.39. The largest absolute Gasteiger partial charge is 0.390 e. The lowest BCUT2D eigenvalue weighted by Gasteiger charge is -2.29. The van der Waals surface area contributed by atoms with Crippen LogP contribution in [0.15, 0.2) is 24.3 Å². The fourth-order valence-corrected chi connectivity index (χ4v) is 4.48. The van der Waals surface area contributed by atoms with Crippen LogP contribution in [0.2, 0.25) is 5.02 Å². The van der Waals surface area contributed by atoms with Crippen molar-refractivity contribution >= 4 is 29.1 Å². The first-order chi connectivity index (χ1) is 10.0. The van der Waals surface area contributed by atoms with Crippen molar-refractivity contribution in [3.8, 4) is 0 Å². The number of carbonyl (C=O) groups excluding carboxylic acids is 2. The van der Waals surface area contributed by atoms with Crippen molar-refractivity contribution in [1.29, 1.82) is 0 Å². The van der Waals surface area contributed by atoms with E-state index in [9.17, 15) is 19.8 Å². The van der Waals surface area contributed by atoms with E-state index in [0.29, 0.717) is 17.1 Å². The molecule has 0 aromatic heterocycles. The van der Waals surface area contributed by atoms with Crippen LogP contribution in [-0.2, 0) is 9.59 Å². The smallest absolute Gasteiger partial charge is 0.238 e. The van der Waals surface area contributed by atoms with Gasteiger partial charge in [0.1, 0.15) is 0 Å². The van der Waals surface area contributed by atoms with Gasteiger partial charge in [0.15, 0.2) is 0 Å². The van der Waals surface area contributed by atoms with Crippen LogP contribution in [0.25, 0.3) is 0 Å². The molecule has 2 aliphatic carbocycles. The normalized spacial score (nSPS) is 41.0. The van der Waals surface area contributed by atoms with Gasteiger partial charge >= 0.3 is 0 Å². The van der Waals surface area contributed by atoms with Gasteiger partial charge in [0, 0.05) is 16.9 Å². The van der Waals surface area contributed by atoms with E-state index < -0.39 is 24.0 Å². The van der Waals surface area contributed by atoms with Crippen LogP contribution in [0.5, 0.6) is 0 Å². The van der Waals surface area contributed by atoms with Crippen molar-refractivity contribution < 1.29 is 19.8 Å². The number of amides is 2. The summed E-state index contributed by atoms with van der Waals surface area (Å²) < 4.78 is 0. The maximum Gasteiger partial charge on any atom is 0.238 e. The van der Waals surface area contributed by atoms with Crippen LogP contribution >= 0.6 is 11.6 Å². The van der Waals surface area contributed by atoms with Gasteiger partial charge in [-0.05, 0) is 24.6 Å². The van der Waals surface area contributed by atoms with Crippen molar-refractivity contribution in [3.05, 3.63) is 29.3 Å². The summed E-state index contributed by atoms with van der Waals surface area (Å²) >= 11 is 5.93. The number of imide groups is 1. The molecule has 3 aliphatic rings. The number of anilines is 1. The van der Waals surface area contributed by atoms with E-state index in [1.165, 1.54) is 0 Å². The molecule has 6 heteroatoms. The SMILES string of the molecule is O=C1[C@@H]2[C@H]3C[C@@H]([C@H](O)[C@H]3O)[C@@H]2C(=O)N1c1cccc(Cl)c1. The van der Waals surface area contributed by atoms with E-state index in [0.717, 1.165) is 4.90 Å². The predicted molar refractivity (Wildman–Crippen MR) is 74.5 cm³/mol. The minimum Gasteiger partial charge on any atom is -0.390 e. The number of aliphatic hydroxyl groups excluding tert-OH is 2. The summed E-state index contributed by atoms with van der Waals surface area (Å²) in [5, 5.41) is 20.4. The molecule has 6 atom stereocenters. The number of hydrogen-bond acceptors (Lipinski definition) is 4. The predicted octanol–water partition coefficient (Wildman–Crippen LogP) is 0.817. The maximum absolute atomic E-state index is 12.6. The molecule has 2 bridgehead atoms. The summed E-state index contributed by atoms with van der Waals surface area (Å²) in [6.07, 6.45) is -1.28. The molecule has 1 aromatic carbocycles. The van der Waals surface area contributed by atoms with E-state index in [4.69, 9.17) is 11.6 Å². The molecule has 3 fully saturated rings. The van der Waals surface area contributed by atoms with Crippen molar-refractivity contribution in [2.45, 2.75) is 18.6 Å². The molecule has 0 spiro atoms. The van der Waals surface area contributed by atoms with Gasteiger partial charge in [-0.25, -0.2) is 4.90 Å². The number of halogens is 1. The van der Waals surface area contributed by atoms with Gasteiger partial charge in [0.05, 0.1) is 29.7 Å². The quantitative estimate of drug-likeness (QED) is 0.753. The van der Waals surface area contributed by atoms with Gasteiger partial charge in [0.25, 0.3) is 0 Å². The first-order valence-electron chi connectivity index (χ1n) is 7.00. The second-order valence-corrected chi connectivity index (χ2v) is 6.52. The second-order valence-electron chi connectivity index (χ2n) is 6.09. The Bertz CT molecular complexity index is 616. The van der Waals surface area contributed by atoms with E-state index in [2.05, 4.69) is 0 Å². The van der Waals surface area contributed by atoms with E-state index in [-0.39, 0.29) is 23.7 Å².